The summed E-state index contributed by atoms with van der Waals surface area (Å²) in [7, 11) is 2.17. The van der Waals surface area contributed by atoms with Crippen LogP contribution >= 0.6 is 0 Å². The predicted octanol–water partition coefficient (Wildman–Crippen LogP) is 2.23. The van der Waals surface area contributed by atoms with Crippen molar-refractivity contribution in [2.24, 2.45) is 0 Å². The van der Waals surface area contributed by atoms with Crippen molar-refractivity contribution in [3.63, 3.8) is 0 Å². The third-order valence-electron chi connectivity index (χ3n) is 3.84. The lowest BCUT2D eigenvalue weighted by Gasteiger charge is -2.35. The smallest absolute Gasteiger partial charge is 0.0896 e. The number of hydrogen-bond acceptors (Lipinski definition) is 3. The molecule has 0 saturated carbocycles. The Labute approximate surface area is 116 Å². The van der Waals surface area contributed by atoms with Gasteiger partial charge in [0.15, 0.2) is 0 Å². The third-order valence-corrected chi connectivity index (χ3v) is 3.84. The second-order valence-corrected chi connectivity index (χ2v) is 5.30. The van der Waals surface area contributed by atoms with Gasteiger partial charge < -0.3 is 15.0 Å². The van der Waals surface area contributed by atoms with Crippen LogP contribution in [0.4, 0.5) is 0 Å². The van der Waals surface area contributed by atoms with Gasteiger partial charge in [-0.3, -0.25) is 0 Å². The first-order valence-electron chi connectivity index (χ1n) is 7.37. The van der Waals surface area contributed by atoms with E-state index in [9.17, 15) is 0 Å². The van der Waals surface area contributed by atoms with Gasteiger partial charge in [-0.1, -0.05) is 38.1 Å². The van der Waals surface area contributed by atoms with E-state index in [0.29, 0.717) is 6.04 Å². The highest BCUT2D eigenvalue weighted by molar-refractivity contribution is 5.26. The molecular formula is C16H26N2O. The summed E-state index contributed by atoms with van der Waals surface area (Å²) in [4.78, 5) is 2.35. The van der Waals surface area contributed by atoms with E-state index in [2.05, 4.69) is 55.4 Å². The molecule has 1 aromatic carbocycles. The molecule has 0 radical (unpaired) electrons. The van der Waals surface area contributed by atoms with Gasteiger partial charge in [0.25, 0.3) is 0 Å². The van der Waals surface area contributed by atoms with Crippen molar-refractivity contribution in [3.05, 3.63) is 35.4 Å². The van der Waals surface area contributed by atoms with Crippen molar-refractivity contribution < 1.29 is 4.74 Å². The summed E-state index contributed by atoms with van der Waals surface area (Å²) in [5.74, 6) is 0. The zero-order chi connectivity index (χ0) is 13.7. The first-order valence-corrected chi connectivity index (χ1v) is 7.37. The largest absolute Gasteiger partial charge is 0.374 e. The Kier molecular flexibility index (Phi) is 5.37. The number of rotatable bonds is 5. The lowest BCUT2D eigenvalue weighted by atomic mass is 9.98. The van der Waals surface area contributed by atoms with E-state index in [1.165, 1.54) is 11.1 Å². The predicted molar refractivity (Wildman–Crippen MR) is 79.5 cm³/mol. The van der Waals surface area contributed by atoms with Crippen molar-refractivity contribution in [1.82, 2.24) is 10.2 Å². The quantitative estimate of drug-likeness (QED) is 0.880. The molecule has 106 valence electrons. The number of hydrogen-bond donors (Lipinski definition) is 1. The maximum absolute atomic E-state index is 5.97. The Morgan fingerprint density at radius 3 is 2.63 bits per heavy atom. The van der Waals surface area contributed by atoms with E-state index in [4.69, 9.17) is 4.74 Å². The molecule has 1 aliphatic heterocycles. The Balaban J connectivity index is 2.13. The maximum Gasteiger partial charge on any atom is 0.0896 e. The molecule has 1 N–H and O–H groups in total. The number of nitrogens with zero attached hydrogens (tertiary/aromatic N) is 1. The van der Waals surface area contributed by atoms with Crippen molar-refractivity contribution in [2.45, 2.75) is 32.4 Å². The van der Waals surface area contributed by atoms with E-state index in [-0.39, 0.29) is 6.10 Å². The molecule has 0 spiro atoms. The van der Waals surface area contributed by atoms with E-state index in [1.54, 1.807) is 0 Å². The molecule has 1 fully saturated rings. The topological polar surface area (TPSA) is 24.5 Å². The molecule has 2 unspecified atom stereocenters. The van der Waals surface area contributed by atoms with Crippen LogP contribution in [-0.4, -0.2) is 44.3 Å². The standard InChI is InChI=1S/C16H26N2O/c1-4-13-6-8-14(9-7-13)16(17-5-2)15-12-18(3)10-11-19-15/h6-9,15-17H,4-5,10-12H2,1-3H3. The number of aryl methyl sites for hydroxylation is 1. The molecule has 1 aromatic rings. The van der Waals surface area contributed by atoms with Gasteiger partial charge in [0.2, 0.25) is 0 Å². The monoisotopic (exact) mass is 262 g/mol. The minimum atomic E-state index is 0.242. The van der Waals surface area contributed by atoms with Crippen LogP contribution in [0.25, 0.3) is 0 Å². The fraction of sp³-hybridized carbons (Fsp3) is 0.625. The summed E-state index contributed by atoms with van der Waals surface area (Å²) in [5.41, 5.74) is 2.72. The minimum Gasteiger partial charge on any atom is -0.374 e. The highest BCUT2D eigenvalue weighted by Gasteiger charge is 2.27. The van der Waals surface area contributed by atoms with Crippen molar-refractivity contribution in [3.8, 4) is 0 Å². The van der Waals surface area contributed by atoms with Crippen LogP contribution in [0.5, 0.6) is 0 Å². The molecule has 2 rings (SSSR count). The Bertz CT molecular complexity index is 377. The highest BCUT2D eigenvalue weighted by atomic mass is 16.5. The molecule has 1 saturated heterocycles. The Hall–Kier alpha value is -0.900. The maximum atomic E-state index is 5.97. The number of benzene rings is 1. The second-order valence-electron chi connectivity index (χ2n) is 5.30. The molecule has 1 heterocycles. The zero-order valence-corrected chi connectivity index (χ0v) is 12.4. The van der Waals surface area contributed by atoms with Crippen molar-refractivity contribution in [2.75, 3.05) is 33.3 Å². The second kappa shape index (κ2) is 7.04. The first-order chi connectivity index (χ1) is 9.24. The number of likely N-dealkylation sites (N-methyl/N-ethyl adjacent to an activating group) is 2. The van der Waals surface area contributed by atoms with Gasteiger partial charge in [0, 0.05) is 13.1 Å². The van der Waals surface area contributed by atoms with E-state index >= 15 is 0 Å². The average molecular weight is 262 g/mol. The summed E-state index contributed by atoms with van der Waals surface area (Å²) in [6, 6.07) is 9.23. The SMILES string of the molecule is CCNC(c1ccc(CC)cc1)C1CN(C)CCO1. The van der Waals surface area contributed by atoms with Gasteiger partial charge in [0.1, 0.15) is 0 Å². The molecule has 3 nitrogen and oxygen atoms in total. The molecule has 0 amide bonds. The van der Waals surface area contributed by atoms with Gasteiger partial charge in [-0.25, -0.2) is 0 Å². The highest BCUT2D eigenvalue weighted by Crippen LogP contribution is 2.22. The van der Waals surface area contributed by atoms with E-state index in [1.807, 2.05) is 0 Å². The van der Waals surface area contributed by atoms with E-state index in [0.717, 1.165) is 32.7 Å². The van der Waals surface area contributed by atoms with Crippen molar-refractivity contribution in [1.29, 1.82) is 0 Å². The zero-order valence-electron chi connectivity index (χ0n) is 12.4. The van der Waals surface area contributed by atoms with Gasteiger partial charge in [0.05, 0.1) is 18.8 Å². The van der Waals surface area contributed by atoms with Crippen LogP contribution < -0.4 is 5.32 Å². The van der Waals surface area contributed by atoms with Crippen LogP contribution in [-0.2, 0) is 11.2 Å². The lowest BCUT2D eigenvalue weighted by molar-refractivity contribution is -0.0390. The van der Waals surface area contributed by atoms with Gasteiger partial charge >= 0.3 is 0 Å². The van der Waals surface area contributed by atoms with Gasteiger partial charge in [-0.2, -0.15) is 0 Å². The fourth-order valence-electron chi connectivity index (χ4n) is 2.66. The molecule has 19 heavy (non-hydrogen) atoms. The number of morpholine rings is 1. The van der Waals surface area contributed by atoms with Crippen LogP contribution in [0.3, 0.4) is 0 Å². The van der Waals surface area contributed by atoms with E-state index < -0.39 is 0 Å². The van der Waals surface area contributed by atoms with Gasteiger partial charge in [-0.05, 0) is 31.1 Å². The Morgan fingerprint density at radius 1 is 1.32 bits per heavy atom. The molecule has 2 atom stereocenters. The third kappa shape index (κ3) is 3.78. The van der Waals surface area contributed by atoms with Crippen LogP contribution in [0, 0.1) is 0 Å². The molecule has 3 heteroatoms. The normalized spacial score (nSPS) is 22.4. The number of ether oxygens (including phenoxy) is 1. The fourth-order valence-corrected chi connectivity index (χ4v) is 2.66. The lowest BCUT2D eigenvalue weighted by Crippen LogP contribution is -2.46. The van der Waals surface area contributed by atoms with Crippen LogP contribution in [0.1, 0.15) is 31.0 Å². The molecule has 0 aliphatic carbocycles. The Morgan fingerprint density at radius 2 is 2.05 bits per heavy atom. The summed E-state index contributed by atoms with van der Waals surface area (Å²) in [6.07, 6.45) is 1.33. The summed E-state index contributed by atoms with van der Waals surface area (Å²) >= 11 is 0. The van der Waals surface area contributed by atoms with Crippen LogP contribution in [0.2, 0.25) is 0 Å². The molecule has 0 aromatic heterocycles. The molecule has 0 bridgehead atoms. The first kappa shape index (κ1) is 14.5. The average Bonchev–Trinajstić information content (AvgIpc) is 2.45. The number of nitrogens with one attached hydrogen (secondary N) is 1. The van der Waals surface area contributed by atoms with Crippen molar-refractivity contribution >= 4 is 0 Å². The molecular weight excluding hydrogens is 236 g/mol. The van der Waals surface area contributed by atoms with Crippen LogP contribution in [0.15, 0.2) is 24.3 Å². The van der Waals surface area contributed by atoms with Gasteiger partial charge in [-0.15, -0.1) is 0 Å². The summed E-state index contributed by atoms with van der Waals surface area (Å²) < 4.78 is 5.97. The summed E-state index contributed by atoms with van der Waals surface area (Å²) in [5, 5.41) is 3.57. The molecule has 1 aliphatic rings. The minimum absolute atomic E-state index is 0.242. The summed E-state index contributed by atoms with van der Waals surface area (Å²) in [6.45, 7) is 8.16.